The number of benzene rings is 2. The van der Waals surface area contributed by atoms with Gasteiger partial charge >= 0.3 is 0 Å². The first-order valence-electron chi connectivity index (χ1n) is 12.8. The highest BCUT2D eigenvalue weighted by atomic mass is 31.2. The predicted molar refractivity (Wildman–Crippen MR) is 154 cm³/mol. The molecule has 0 spiro atoms. The zero-order valence-electron chi connectivity index (χ0n) is 22.3. The summed E-state index contributed by atoms with van der Waals surface area (Å²) >= 11 is 0. The standard InChI is InChI=1S/C31H39P3/c1-26(2,3)25-33-24-29(23-18-14-11-15-19-23)31(34(25)29,28(7,8)9)32(30(24,33)27(4,5)6)21-20-22-16-12-10-13-17-22/h10-19,24-25H,1-9H3/t24-,25?,29+,30-,31-,32?,33?,34?/m1/s1. The van der Waals surface area contributed by atoms with Gasteiger partial charge in [0, 0.05) is 31.6 Å². The molecule has 2 aromatic rings. The van der Waals surface area contributed by atoms with E-state index >= 15 is 0 Å². The summed E-state index contributed by atoms with van der Waals surface area (Å²) in [7, 11) is -0.561. The maximum absolute atomic E-state index is 4.15. The van der Waals surface area contributed by atoms with Gasteiger partial charge in [-0.1, -0.05) is 138 Å². The topological polar surface area (TPSA) is 0 Å². The highest BCUT2D eigenvalue weighted by molar-refractivity contribution is 8.09. The molecule has 0 N–H and O–H groups in total. The predicted octanol–water partition coefficient (Wildman–Crippen LogP) is 9.62. The molecule has 178 valence electrons. The van der Waals surface area contributed by atoms with Gasteiger partial charge in [-0.3, -0.25) is 0 Å². The highest BCUT2D eigenvalue weighted by Crippen LogP contribution is 3.28. The molecule has 4 aliphatic heterocycles. The van der Waals surface area contributed by atoms with E-state index in [1.807, 2.05) is 0 Å². The van der Waals surface area contributed by atoms with Crippen LogP contribution in [0.25, 0.3) is 0 Å². The first-order chi connectivity index (χ1) is 15.8. The Morgan fingerprint density at radius 3 is 1.79 bits per heavy atom. The smallest absolute Gasteiger partial charge is 0.0431 e. The Labute approximate surface area is 211 Å². The second kappa shape index (κ2) is 6.78. The fourth-order valence-electron chi connectivity index (χ4n) is 8.29. The van der Waals surface area contributed by atoms with Gasteiger partial charge in [0.2, 0.25) is 0 Å². The molecule has 0 bridgehead atoms. The molecule has 4 heterocycles. The summed E-state index contributed by atoms with van der Waals surface area (Å²) in [6.45, 7) is 23.1. The van der Waals surface area contributed by atoms with Crippen molar-refractivity contribution in [1.29, 1.82) is 0 Å². The van der Waals surface area contributed by atoms with Gasteiger partial charge < -0.3 is 0 Å². The van der Waals surface area contributed by atoms with E-state index < -0.39 is 7.92 Å². The molecule has 0 nitrogen and oxygen atoms in total. The maximum Gasteiger partial charge on any atom is 0.0431 e. The Morgan fingerprint density at radius 1 is 0.735 bits per heavy atom. The fraction of sp³-hybridized carbons (Fsp3) is 0.548. The monoisotopic (exact) mass is 504 g/mol. The van der Waals surface area contributed by atoms with E-state index in [1.165, 1.54) is 5.56 Å². The van der Waals surface area contributed by atoms with Crippen LogP contribution in [0.15, 0.2) is 60.7 Å². The molecule has 0 amide bonds. The van der Waals surface area contributed by atoms with E-state index in [0.717, 1.165) is 11.1 Å². The van der Waals surface area contributed by atoms with Gasteiger partial charge in [0.25, 0.3) is 0 Å². The summed E-state index contributed by atoms with van der Waals surface area (Å²) in [6.07, 6.45) is 0. The summed E-state index contributed by atoms with van der Waals surface area (Å²) in [4.78, 5) is 0.790. The molecule has 4 aliphatic rings. The fourth-order valence-corrected chi connectivity index (χ4v) is 31.3. The lowest BCUT2D eigenvalue weighted by atomic mass is 9.76. The Kier molecular flexibility index (Phi) is 4.72. The molecule has 0 aliphatic carbocycles. The first-order valence-corrected chi connectivity index (χ1v) is 17.0. The Bertz CT molecular complexity index is 1200. The van der Waals surface area contributed by atoms with E-state index in [-0.39, 0.29) is 21.3 Å². The van der Waals surface area contributed by atoms with Crippen LogP contribution in [-0.2, 0) is 5.16 Å². The van der Waals surface area contributed by atoms with Crippen LogP contribution < -0.4 is 0 Å². The van der Waals surface area contributed by atoms with Crippen molar-refractivity contribution in [2.75, 3.05) is 0 Å². The molecule has 8 atom stereocenters. The van der Waals surface area contributed by atoms with Crippen LogP contribution in [0.5, 0.6) is 0 Å². The van der Waals surface area contributed by atoms with Gasteiger partial charge in [0.05, 0.1) is 0 Å². The number of fused-ring (bicyclic) bond motifs is 2. The minimum atomic E-state index is -0.427. The molecule has 4 unspecified atom stereocenters. The lowest BCUT2D eigenvalue weighted by Crippen LogP contribution is -2.39. The van der Waals surface area contributed by atoms with E-state index in [9.17, 15) is 0 Å². The molecule has 0 aromatic heterocycles. The number of hydrogen-bond donors (Lipinski definition) is 0. The quantitative estimate of drug-likeness (QED) is 0.268. The van der Waals surface area contributed by atoms with E-state index in [0.29, 0.717) is 25.8 Å². The lowest BCUT2D eigenvalue weighted by molar-refractivity contribution is 0.350. The molecule has 34 heavy (non-hydrogen) atoms. The van der Waals surface area contributed by atoms with Crippen LogP contribution in [0.3, 0.4) is 0 Å². The highest BCUT2D eigenvalue weighted by Gasteiger charge is 3.08. The lowest BCUT2D eigenvalue weighted by Gasteiger charge is -2.51. The van der Waals surface area contributed by atoms with Gasteiger partial charge in [-0.15, -0.1) is 0 Å². The zero-order valence-corrected chi connectivity index (χ0v) is 25.0. The van der Waals surface area contributed by atoms with Crippen molar-refractivity contribution >= 4 is 23.8 Å². The largest absolute Gasteiger partial charge is 0.0796 e. The Balaban J connectivity index is 1.66. The third-order valence-corrected chi connectivity index (χ3v) is 25.6. The van der Waals surface area contributed by atoms with Crippen molar-refractivity contribution in [3.05, 3.63) is 71.8 Å². The van der Waals surface area contributed by atoms with E-state index in [1.54, 1.807) is 5.56 Å². The summed E-state index contributed by atoms with van der Waals surface area (Å²) < 4.78 is 0. The summed E-state index contributed by atoms with van der Waals surface area (Å²) in [5.41, 5.74) is 8.79. The Hall–Kier alpha value is -0.710. The van der Waals surface area contributed by atoms with Crippen molar-refractivity contribution in [1.82, 2.24) is 0 Å². The maximum atomic E-state index is 4.15. The summed E-state index contributed by atoms with van der Waals surface area (Å²) in [5.74, 6) is 3.76. The third-order valence-electron chi connectivity index (χ3n) is 8.99. The molecule has 0 radical (unpaired) electrons. The van der Waals surface area contributed by atoms with Gasteiger partial charge in [-0.25, -0.2) is 0 Å². The average Bonchev–Trinajstić information content (AvgIpc) is 3.55. The van der Waals surface area contributed by atoms with Gasteiger partial charge in [0.1, 0.15) is 0 Å². The van der Waals surface area contributed by atoms with Crippen LogP contribution in [0, 0.1) is 27.8 Å². The molecule has 4 saturated heterocycles. The van der Waals surface area contributed by atoms with E-state index in [2.05, 4.69) is 135 Å². The molecule has 3 heteroatoms. The minimum absolute atomic E-state index is 0.0228. The molecule has 4 fully saturated rings. The Morgan fingerprint density at radius 2 is 1.29 bits per heavy atom. The van der Waals surface area contributed by atoms with Crippen LogP contribution >= 0.6 is 23.8 Å². The summed E-state index contributed by atoms with van der Waals surface area (Å²) in [6, 6.07) is 22.6. The van der Waals surface area contributed by atoms with Gasteiger partial charge in [-0.05, 0) is 41.9 Å². The number of hydrogen-bond acceptors (Lipinski definition) is 0. The van der Waals surface area contributed by atoms with Crippen molar-refractivity contribution < 1.29 is 0 Å². The van der Waals surface area contributed by atoms with Gasteiger partial charge in [-0.2, -0.15) is 0 Å². The van der Waals surface area contributed by atoms with Crippen LogP contribution in [0.4, 0.5) is 0 Å². The second-order valence-corrected chi connectivity index (χ2v) is 22.5. The average molecular weight is 505 g/mol. The first kappa shape index (κ1) is 23.7. The van der Waals surface area contributed by atoms with Crippen LogP contribution in [-0.4, -0.2) is 20.9 Å². The zero-order chi connectivity index (χ0) is 24.5. The van der Waals surface area contributed by atoms with Crippen molar-refractivity contribution in [2.24, 2.45) is 16.2 Å². The van der Waals surface area contributed by atoms with Crippen molar-refractivity contribution in [3.8, 4) is 11.6 Å². The van der Waals surface area contributed by atoms with Crippen LogP contribution in [0.2, 0.25) is 0 Å². The SMILES string of the molecule is CC(C)(C)C1P2[C@H]3[C@@]2(C(C)(C)C)P(C#Cc2ccccc2)[C@]2(C(C)(C)C)P1[C@@]32c1ccccc1. The molecular formula is C31H39P3. The van der Waals surface area contributed by atoms with Gasteiger partial charge in [0.15, 0.2) is 0 Å². The molecule has 0 saturated carbocycles. The minimum Gasteiger partial charge on any atom is -0.0796 e. The number of rotatable bonds is 1. The molecule has 2 aromatic carbocycles. The van der Waals surface area contributed by atoms with Crippen LogP contribution in [0.1, 0.15) is 73.4 Å². The van der Waals surface area contributed by atoms with Crippen molar-refractivity contribution in [3.63, 3.8) is 0 Å². The molecule has 6 rings (SSSR count). The second-order valence-electron chi connectivity index (χ2n) is 13.9. The van der Waals surface area contributed by atoms with E-state index in [4.69, 9.17) is 0 Å². The van der Waals surface area contributed by atoms with Crippen molar-refractivity contribution in [2.45, 2.75) is 88.3 Å². The summed E-state index contributed by atoms with van der Waals surface area (Å²) in [5, 5.41) is 1.29. The molecular weight excluding hydrogens is 465 g/mol. The third kappa shape index (κ3) is 2.40. The normalized spacial score (nSPS) is 41.5.